The summed E-state index contributed by atoms with van der Waals surface area (Å²) in [4.78, 5) is 0. The highest BCUT2D eigenvalue weighted by Crippen LogP contribution is 2.49. The summed E-state index contributed by atoms with van der Waals surface area (Å²) in [5.41, 5.74) is 1.90. The van der Waals surface area contributed by atoms with Gasteiger partial charge in [0.05, 0.1) is 5.69 Å². The maximum absolute atomic E-state index is 4.21. The van der Waals surface area contributed by atoms with Crippen molar-refractivity contribution in [2.45, 2.75) is 45.6 Å². The Balaban J connectivity index is 1.84. The molecule has 1 aliphatic carbocycles. The van der Waals surface area contributed by atoms with E-state index < -0.39 is 0 Å². The number of rotatable bonds is 6. The molecule has 1 aromatic rings. The van der Waals surface area contributed by atoms with Crippen LogP contribution >= 0.6 is 0 Å². The van der Waals surface area contributed by atoms with Crippen molar-refractivity contribution >= 4 is 0 Å². The van der Waals surface area contributed by atoms with Crippen LogP contribution in [0.2, 0.25) is 0 Å². The lowest BCUT2D eigenvalue weighted by Gasteiger charge is -2.19. The van der Waals surface area contributed by atoms with Crippen LogP contribution in [0.25, 0.3) is 0 Å². The Bertz CT molecular complexity index is 339. The third-order valence-electron chi connectivity index (χ3n) is 3.82. The van der Waals surface area contributed by atoms with E-state index >= 15 is 0 Å². The third kappa shape index (κ3) is 2.46. The van der Waals surface area contributed by atoms with Gasteiger partial charge in [0.25, 0.3) is 0 Å². The molecule has 3 nitrogen and oxygen atoms in total. The van der Waals surface area contributed by atoms with E-state index in [2.05, 4.69) is 30.3 Å². The van der Waals surface area contributed by atoms with E-state index in [1.165, 1.54) is 31.4 Å². The Morgan fingerprint density at radius 2 is 2.31 bits per heavy atom. The van der Waals surface area contributed by atoms with E-state index in [4.69, 9.17) is 0 Å². The van der Waals surface area contributed by atoms with Crippen LogP contribution in [0.1, 0.15) is 51.3 Å². The summed E-state index contributed by atoms with van der Waals surface area (Å²) in [6.45, 7) is 5.66. The van der Waals surface area contributed by atoms with Crippen LogP contribution in [0.5, 0.6) is 0 Å². The Hall–Kier alpha value is -0.830. The molecule has 0 amide bonds. The molecule has 1 aliphatic rings. The first-order valence-corrected chi connectivity index (χ1v) is 6.38. The minimum Gasteiger partial charge on any atom is -0.308 e. The second-order valence-electron chi connectivity index (χ2n) is 5.23. The molecule has 1 fully saturated rings. The van der Waals surface area contributed by atoms with Crippen LogP contribution in [0.15, 0.2) is 12.3 Å². The van der Waals surface area contributed by atoms with Crippen LogP contribution in [0, 0.1) is 5.41 Å². The lowest BCUT2D eigenvalue weighted by atomic mass is 10.0. The molecule has 0 aromatic carbocycles. The van der Waals surface area contributed by atoms with Gasteiger partial charge in [-0.1, -0.05) is 13.3 Å². The van der Waals surface area contributed by atoms with Gasteiger partial charge in [-0.05, 0) is 37.7 Å². The fourth-order valence-electron chi connectivity index (χ4n) is 2.51. The summed E-state index contributed by atoms with van der Waals surface area (Å²) >= 11 is 0. The molecule has 1 saturated carbocycles. The van der Waals surface area contributed by atoms with Gasteiger partial charge in [0.1, 0.15) is 0 Å². The van der Waals surface area contributed by atoms with Crippen LogP contribution in [-0.2, 0) is 7.05 Å². The van der Waals surface area contributed by atoms with Crippen molar-refractivity contribution in [2.75, 3.05) is 6.54 Å². The van der Waals surface area contributed by atoms with Crippen molar-refractivity contribution < 1.29 is 0 Å². The highest BCUT2D eigenvalue weighted by Gasteiger charge is 2.41. The number of hydrogen-bond acceptors (Lipinski definition) is 2. The first-order chi connectivity index (χ1) is 7.67. The minimum absolute atomic E-state index is 0.404. The second-order valence-corrected chi connectivity index (χ2v) is 5.23. The van der Waals surface area contributed by atoms with Crippen LogP contribution < -0.4 is 5.32 Å². The van der Waals surface area contributed by atoms with E-state index in [9.17, 15) is 0 Å². The van der Waals surface area contributed by atoms with Gasteiger partial charge in [0.2, 0.25) is 0 Å². The molecule has 0 saturated heterocycles. The minimum atomic E-state index is 0.404. The molecule has 1 aromatic heterocycles. The predicted octanol–water partition coefficient (Wildman–Crippen LogP) is 2.65. The SMILES string of the molecule is CCCC1(CNC(C)c2ccnn2C)CC1. The zero-order valence-electron chi connectivity index (χ0n) is 10.7. The topological polar surface area (TPSA) is 29.9 Å². The van der Waals surface area contributed by atoms with Crippen molar-refractivity contribution in [1.82, 2.24) is 15.1 Å². The van der Waals surface area contributed by atoms with Crippen LogP contribution in [-0.4, -0.2) is 16.3 Å². The molecule has 1 unspecified atom stereocenters. The van der Waals surface area contributed by atoms with Crippen molar-refractivity contribution in [2.24, 2.45) is 12.5 Å². The highest BCUT2D eigenvalue weighted by atomic mass is 15.3. The van der Waals surface area contributed by atoms with Crippen molar-refractivity contribution in [3.05, 3.63) is 18.0 Å². The monoisotopic (exact) mass is 221 g/mol. The lowest BCUT2D eigenvalue weighted by molar-refractivity contribution is 0.390. The van der Waals surface area contributed by atoms with Crippen LogP contribution in [0.3, 0.4) is 0 Å². The Labute approximate surface area is 98.2 Å². The van der Waals surface area contributed by atoms with E-state index in [-0.39, 0.29) is 0 Å². The summed E-state index contributed by atoms with van der Waals surface area (Å²) in [6.07, 6.45) is 7.37. The van der Waals surface area contributed by atoms with Gasteiger partial charge >= 0.3 is 0 Å². The zero-order chi connectivity index (χ0) is 11.6. The van der Waals surface area contributed by atoms with Gasteiger partial charge in [0, 0.05) is 25.8 Å². The largest absolute Gasteiger partial charge is 0.308 e. The van der Waals surface area contributed by atoms with Crippen molar-refractivity contribution in [3.8, 4) is 0 Å². The lowest BCUT2D eigenvalue weighted by Crippen LogP contribution is -2.28. The maximum Gasteiger partial charge on any atom is 0.0547 e. The molecule has 0 bridgehead atoms. The molecule has 1 atom stereocenters. The molecule has 16 heavy (non-hydrogen) atoms. The van der Waals surface area contributed by atoms with Crippen LogP contribution in [0.4, 0.5) is 0 Å². The summed E-state index contributed by atoms with van der Waals surface area (Å²) in [5, 5.41) is 7.86. The highest BCUT2D eigenvalue weighted by molar-refractivity contribution is 5.06. The molecule has 1 N–H and O–H groups in total. The van der Waals surface area contributed by atoms with Crippen molar-refractivity contribution in [3.63, 3.8) is 0 Å². The van der Waals surface area contributed by atoms with E-state index in [1.54, 1.807) is 0 Å². The number of nitrogens with one attached hydrogen (secondary N) is 1. The zero-order valence-corrected chi connectivity index (χ0v) is 10.7. The molecule has 90 valence electrons. The van der Waals surface area contributed by atoms with E-state index in [0.29, 0.717) is 11.5 Å². The first-order valence-electron chi connectivity index (χ1n) is 6.38. The molecule has 1 heterocycles. The van der Waals surface area contributed by atoms with Gasteiger partial charge in [-0.25, -0.2) is 0 Å². The molecular formula is C13H23N3. The summed E-state index contributed by atoms with van der Waals surface area (Å²) in [7, 11) is 2.01. The smallest absolute Gasteiger partial charge is 0.0547 e. The molecular weight excluding hydrogens is 198 g/mol. The molecule has 2 rings (SSSR count). The normalized spacial score (nSPS) is 19.7. The number of hydrogen-bond donors (Lipinski definition) is 1. The van der Waals surface area contributed by atoms with Gasteiger partial charge in [-0.3, -0.25) is 4.68 Å². The van der Waals surface area contributed by atoms with Crippen molar-refractivity contribution in [1.29, 1.82) is 0 Å². The quantitative estimate of drug-likeness (QED) is 0.800. The second kappa shape index (κ2) is 4.58. The molecule has 0 radical (unpaired) electrons. The Morgan fingerprint density at radius 3 is 2.81 bits per heavy atom. The van der Waals surface area contributed by atoms with Gasteiger partial charge in [-0.15, -0.1) is 0 Å². The van der Waals surface area contributed by atoms with E-state index in [1.807, 2.05) is 17.9 Å². The van der Waals surface area contributed by atoms with Gasteiger partial charge in [0.15, 0.2) is 0 Å². The number of aryl methyl sites for hydroxylation is 1. The Kier molecular flexibility index (Phi) is 3.33. The average Bonchev–Trinajstić information content (AvgIpc) is 2.89. The fourth-order valence-corrected chi connectivity index (χ4v) is 2.51. The van der Waals surface area contributed by atoms with Gasteiger partial charge < -0.3 is 5.32 Å². The molecule has 3 heteroatoms. The predicted molar refractivity (Wildman–Crippen MR) is 66.2 cm³/mol. The average molecular weight is 221 g/mol. The standard InChI is InChI=1S/C13H23N3/c1-4-6-13(7-8-13)10-14-11(2)12-5-9-15-16(12)3/h5,9,11,14H,4,6-8,10H2,1-3H3. The summed E-state index contributed by atoms with van der Waals surface area (Å²) < 4.78 is 1.96. The first kappa shape index (κ1) is 11.6. The van der Waals surface area contributed by atoms with E-state index in [0.717, 1.165) is 6.54 Å². The Morgan fingerprint density at radius 1 is 1.56 bits per heavy atom. The number of nitrogens with zero attached hydrogens (tertiary/aromatic N) is 2. The summed E-state index contributed by atoms with van der Waals surface area (Å²) in [5.74, 6) is 0. The fraction of sp³-hybridized carbons (Fsp3) is 0.769. The number of aromatic nitrogens is 2. The molecule has 0 aliphatic heterocycles. The summed E-state index contributed by atoms with van der Waals surface area (Å²) in [6, 6.07) is 2.50. The van der Waals surface area contributed by atoms with Gasteiger partial charge in [-0.2, -0.15) is 5.10 Å². The third-order valence-corrected chi connectivity index (χ3v) is 3.82. The maximum atomic E-state index is 4.21. The molecule has 0 spiro atoms.